The summed E-state index contributed by atoms with van der Waals surface area (Å²) in [4.78, 5) is 4.10. The van der Waals surface area contributed by atoms with Crippen molar-refractivity contribution in [3.05, 3.63) is 17.5 Å². The minimum atomic E-state index is -4.45. The van der Waals surface area contributed by atoms with Gasteiger partial charge in [-0.3, -0.25) is 9.67 Å². The average molecular weight is 459 g/mol. The van der Waals surface area contributed by atoms with E-state index in [2.05, 4.69) is 27.6 Å². The predicted octanol–water partition coefficient (Wildman–Crippen LogP) is 3.30. The summed E-state index contributed by atoms with van der Waals surface area (Å²) in [5, 5.41) is 9.75. The van der Waals surface area contributed by atoms with Crippen LogP contribution in [0.4, 0.5) is 13.2 Å². The van der Waals surface area contributed by atoms with E-state index >= 15 is 0 Å². The molecular weight excluding hydrogens is 434 g/mol. The van der Waals surface area contributed by atoms with Crippen molar-refractivity contribution in [1.82, 2.24) is 20.4 Å². The predicted molar refractivity (Wildman–Crippen MR) is 98.4 cm³/mol. The molecule has 0 amide bonds. The van der Waals surface area contributed by atoms with Crippen molar-refractivity contribution in [3.63, 3.8) is 0 Å². The Morgan fingerprint density at radius 3 is 2.50 bits per heavy atom. The van der Waals surface area contributed by atoms with Crippen LogP contribution in [-0.4, -0.2) is 28.8 Å². The van der Waals surface area contributed by atoms with Crippen LogP contribution < -0.4 is 10.6 Å². The van der Waals surface area contributed by atoms with Crippen LogP contribution in [0.5, 0.6) is 0 Å². The first-order chi connectivity index (χ1) is 10.8. The molecule has 1 aliphatic rings. The number of guanidine groups is 1. The molecule has 0 spiro atoms. The number of halogens is 4. The number of aromatic nitrogens is 2. The second-order valence-electron chi connectivity index (χ2n) is 6.20. The van der Waals surface area contributed by atoms with Crippen LogP contribution in [0.25, 0.3) is 0 Å². The van der Waals surface area contributed by atoms with Gasteiger partial charge in [-0.05, 0) is 31.6 Å². The lowest BCUT2D eigenvalue weighted by Gasteiger charge is -2.28. The smallest absolute Gasteiger partial charge is 0.354 e. The fourth-order valence-electron chi connectivity index (χ4n) is 2.88. The van der Waals surface area contributed by atoms with Crippen LogP contribution >= 0.6 is 24.0 Å². The van der Waals surface area contributed by atoms with Gasteiger partial charge in [0.25, 0.3) is 0 Å². The normalized spacial score (nSPS) is 22.0. The Balaban J connectivity index is 0.00000288. The molecule has 2 rings (SSSR count). The number of aliphatic imine (C=N–C) groups is 1. The molecule has 0 saturated heterocycles. The summed E-state index contributed by atoms with van der Waals surface area (Å²) in [6.07, 6.45) is 1.37. The van der Waals surface area contributed by atoms with Gasteiger partial charge in [0.15, 0.2) is 11.7 Å². The monoisotopic (exact) mass is 459 g/mol. The van der Waals surface area contributed by atoms with Crippen molar-refractivity contribution in [3.8, 4) is 0 Å². The topological polar surface area (TPSA) is 54.2 Å². The molecule has 2 N–H and O–H groups in total. The lowest BCUT2D eigenvalue weighted by atomic mass is 9.87. The lowest BCUT2D eigenvalue weighted by molar-refractivity contribution is -0.142. The number of hydrogen-bond donors (Lipinski definition) is 2. The molecule has 0 aliphatic heterocycles. The molecule has 0 atom stereocenters. The van der Waals surface area contributed by atoms with E-state index < -0.39 is 11.9 Å². The van der Waals surface area contributed by atoms with Gasteiger partial charge in [0.1, 0.15) is 0 Å². The summed E-state index contributed by atoms with van der Waals surface area (Å²) in [5.74, 6) is 1.27. The third-order valence-electron chi connectivity index (χ3n) is 4.20. The number of rotatable bonds is 3. The first kappa shape index (κ1) is 21.0. The molecule has 138 valence electrons. The highest BCUT2D eigenvalue weighted by atomic mass is 127. The van der Waals surface area contributed by atoms with Gasteiger partial charge in [0.05, 0.1) is 0 Å². The quantitative estimate of drug-likeness (QED) is 0.415. The van der Waals surface area contributed by atoms with Gasteiger partial charge in [-0.15, -0.1) is 24.0 Å². The van der Waals surface area contributed by atoms with Gasteiger partial charge >= 0.3 is 6.18 Å². The third kappa shape index (κ3) is 5.82. The molecule has 1 aromatic heterocycles. The van der Waals surface area contributed by atoms with Gasteiger partial charge in [-0.2, -0.15) is 18.3 Å². The third-order valence-corrected chi connectivity index (χ3v) is 4.20. The van der Waals surface area contributed by atoms with Crippen LogP contribution in [0, 0.1) is 5.92 Å². The zero-order valence-corrected chi connectivity index (χ0v) is 16.5. The minimum Gasteiger partial charge on any atom is -0.354 e. The fourth-order valence-corrected chi connectivity index (χ4v) is 2.88. The molecule has 9 heteroatoms. The molecule has 1 aliphatic carbocycles. The van der Waals surface area contributed by atoms with E-state index in [1.807, 2.05) is 0 Å². The number of alkyl halides is 3. The Bertz CT molecular complexity index is 548. The van der Waals surface area contributed by atoms with E-state index in [9.17, 15) is 13.2 Å². The zero-order chi connectivity index (χ0) is 17.0. The Kier molecular flexibility index (Phi) is 7.81. The van der Waals surface area contributed by atoms with Gasteiger partial charge in [-0.25, -0.2) is 0 Å². The maximum Gasteiger partial charge on any atom is 0.435 e. The summed E-state index contributed by atoms with van der Waals surface area (Å²) in [6.45, 7) is 2.27. The highest BCUT2D eigenvalue weighted by Gasteiger charge is 2.36. The Morgan fingerprint density at radius 2 is 1.96 bits per heavy atom. The average Bonchev–Trinajstić information content (AvgIpc) is 2.87. The standard InChI is InChI=1S/C15H24F3N5.HI/c1-10-4-6-12(7-5-10)21-14(19-2)20-8-11-9-23(3)22-13(11)15(16,17)18;/h9-10,12H,4-8H2,1-3H3,(H2,19,20,21);1H. The maximum atomic E-state index is 12.9. The van der Waals surface area contributed by atoms with Gasteiger partial charge in [0.2, 0.25) is 0 Å². The van der Waals surface area contributed by atoms with E-state index in [1.54, 1.807) is 7.05 Å². The second kappa shape index (κ2) is 8.91. The number of nitrogens with one attached hydrogen (secondary N) is 2. The van der Waals surface area contributed by atoms with Crippen molar-refractivity contribution in [2.75, 3.05) is 7.05 Å². The molecule has 24 heavy (non-hydrogen) atoms. The highest BCUT2D eigenvalue weighted by Crippen LogP contribution is 2.30. The van der Waals surface area contributed by atoms with Gasteiger partial charge < -0.3 is 10.6 Å². The van der Waals surface area contributed by atoms with Crippen molar-refractivity contribution in [2.24, 2.45) is 18.0 Å². The van der Waals surface area contributed by atoms with Gasteiger partial charge in [-0.1, -0.05) is 6.92 Å². The summed E-state index contributed by atoms with van der Waals surface area (Å²) in [7, 11) is 3.10. The summed E-state index contributed by atoms with van der Waals surface area (Å²) >= 11 is 0. The van der Waals surface area contributed by atoms with Crippen LogP contribution in [-0.2, 0) is 19.8 Å². The molecule has 1 heterocycles. The molecule has 1 saturated carbocycles. The largest absolute Gasteiger partial charge is 0.435 e. The molecule has 0 aromatic carbocycles. The number of nitrogens with zero attached hydrogens (tertiary/aromatic N) is 3. The van der Waals surface area contributed by atoms with Crippen LogP contribution in [0.2, 0.25) is 0 Å². The summed E-state index contributed by atoms with van der Waals surface area (Å²) < 4.78 is 40.0. The van der Waals surface area contributed by atoms with E-state index in [0.717, 1.165) is 31.6 Å². The van der Waals surface area contributed by atoms with E-state index in [-0.39, 0.29) is 36.1 Å². The Morgan fingerprint density at radius 1 is 1.33 bits per heavy atom. The van der Waals surface area contributed by atoms with Crippen molar-refractivity contribution in [1.29, 1.82) is 0 Å². The summed E-state index contributed by atoms with van der Waals surface area (Å²) in [6, 6.07) is 0.327. The molecule has 5 nitrogen and oxygen atoms in total. The van der Waals surface area contributed by atoms with E-state index in [1.165, 1.54) is 17.9 Å². The van der Waals surface area contributed by atoms with Crippen molar-refractivity contribution < 1.29 is 13.2 Å². The van der Waals surface area contributed by atoms with E-state index in [4.69, 9.17) is 0 Å². The summed E-state index contributed by atoms with van der Waals surface area (Å²) in [5.41, 5.74) is -0.741. The molecule has 1 aromatic rings. The molecule has 0 radical (unpaired) electrons. The molecular formula is C15H25F3IN5. The minimum absolute atomic E-state index is 0. The van der Waals surface area contributed by atoms with Crippen LogP contribution in [0.15, 0.2) is 11.2 Å². The van der Waals surface area contributed by atoms with Crippen LogP contribution in [0.1, 0.15) is 43.9 Å². The SMILES string of the molecule is CN=C(NCc1cn(C)nc1C(F)(F)F)NC1CCC(C)CC1.I. The lowest BCUT2D eigenvalue weighted by Crippen LogP contribution is -2.44. The number of hydrogen-bond acceptors (Lipinski definition) is 2. The van der Waals surface area contributed by atoms with Crippen LogP contribution in [0.3, 0.4) is 0 Å². The molecule has 0 bridgehead atoms. The van der Waals surface area contributed by atoms with Crippen molar-refractivity contribution in [2.45, 2.75) is 51.4 Å². The van der Waals surface area contributed by atoms with Gasteiger partial charge in [0, 0.05) is 38.4 Å². The Hall–Kier alpha value is -1.00. The zero-order valence-electron chi connectivity index (χ0n) is 14.2. The fraction of sp³-hybridized carbons (Fsp3) is 0.733. The number of aryl methyl sites for hydroxylation is 1. The molecule has 0 unspecified atom stereocenters. The highest BCUT2D eigenvalue weighted by molar-refractivity contribution is 14.0. The molecule has 1 fully saturated rings. The first-order valence-corrected chi connectivity index (χ1v) is 7.86. The Labute approximate surface area is 157 Å². The second-order valence-corrected chi connectivity index (χ2v) is 6.20. The maximum absolute atomic E-state index is 12.9. The van der Waals surface area contributed by atoms with Crippen molar-refractivity contribution >= 4 is 29.9 Å². The first-order valence-electron chi connectivity index (χ1n) is 7.86. The van der Waals surface area contributed by atoms with E-state index in [0.29, 0.717) is 12.0 Å².